The van der Waals surface area contributed by atoms with Crippen molar-refractivity contribution < 1.29 is 4.39 Å². The number of nitrogens with one attached hydrogen (secondary N) is 2. The quantitative estimate of drug-likeness (QED) is 0.646. The molecule has 74 valence electrons. The van der Waals surface area contributed by atoms with E-state index < -0.39 is 5.83 Å². The van der Waals surface area contributed by atoms with Crippen molar-refractivity contribution in [2.45, 2.75) is 26.8 Å². The van der Waals surface area contributed by atoms with Crippen molar-refractivity contribution in [3.8, 4) is 0 Å². The van der Waals surface area contributed by atoms with Crippen molar-refractivity contribution in [3.63, 3.8) is 0 Å². The largest absolute Gasteiger partial charge is 0.312 e. The summed E-state index contributed by atoms with van der Waals surface area (Å²) in [5, 5.41) is 10.2. The summed E-state index contributed by atoms with van der Waals surface area (Å²) in [4.78, 5) is 3.77. The van der Waals surface area contributed by atoms with Gasteiger partial charge in [0.05, 0.1) is 11.4 Å². The SMILES string of the molecule is CC=N/C(C)=C(/F)C(=N)C(C)NC. The highest BCUT2D eigenvalue weighted by atomic mass is 19.1. The van der Waals surface area contributed by atoms with E-state index in [2.05, 4.69) is 10.3 Å². The summed E-state index contributed by atoms with van der Waals surface area (Å²) >= 11 is 0. The van der Waals surface area contributed by atoms with Gasteiger partial charge in [0.2, 0.25) is 0 Å². The minimum absolute atomic E-state index is 0.0643. The Labute approximate surface area is 78.3 Å². The van der Waals surface area contributed by atoms with Crippen LogP contribution in [0.25, 0.3) is 0 Å². The van der Waals surface area contributed by atoms with Crippen molar-refractivity contribution >= 4 is 11.9 Å². The van der Waals surface area contributed by atoms with Crippen molar-refractivity contribution in [2.75, 3.05) is 7.05 Å². The van der Waals surface area contributed by atoms with E-state index in [1.807, 2.05) is 0 Å². The number of hydrogen-bond donors (Lipinski definition) is 2. The lowest BCUT2D eigenvalue weighted by molar-refractivity contribution is 0.642. The highest BCUT2D eigenvalue weighted by molar-refractivity contribution is 6.00. The highest BCUT2D eigenvalue weighted by Crippen LogP contribution is 2.10. The summed E-state index contributed by atoms with van der Waals surface area (Å²) in [5.74, 6) is -0.556. The lowest BCUT2D eigenvalue weighted by Gasteiger charge is -2.10. The molecule has 0 aromatic heterocycles. The summed E-state index contributed by atoms with van der Waals surface area (Å²) in [5.41, 5.74) is 0.181. The van der Waals surface area contributed by atoms with Crippen LogP contribution in [-0.4, -0.2) is 25.0 Å². The Morgan fingerprint density at radius 1 is 1.62 bits per heavy atom. The molecule has 1 unspecified atom stereocenters. The summed E-state index contributed by atoms with van der Waals surface area (Å²) in [7, 11) is 1.69. The van der Waals surface area contributed by atoms with Gasteiger partial charge in [0.15, 0.2) is 5.83 Å². The van der Waals surface area contributed by atoms with Crippen LogP contribution in [0.3, 0.4) is 0 Å². The fourth-order valence-electron chi connectivity index (χ4n) is 0.780. The van der Waals surface area contributed by atoms with Crippen LogP contribution in [-0.2, 0) is 0 Å². The van der Waals surface area contributed by atoms with Crippen LogP contribution in [0.15, 0.2) is 16.5 Å². The normalized spacial score (nSPS) is 15.8. The van der Waals surface area contributed by atoms with Gasteiger partial charge in [-0.2, -0.15) is 0 Å². The van der Waals surface area contributed by atoms with Crippen LogP contribution in [0.2, 0.25) is 0 Å². The molecule has 13 heavy (non-hydrogen) atoms. The molecule has 0 amide bonds. The molecule has 0 spiro atoms. The van der Waals surface area contributed by atoms with Crippen molar-refractivity contribution in [3.05, 3.63) is 11.5 Å². The molecule has 0 aromatic carbocycles. The second kappa shape index (κ2) is 5.59. The third kappa shape index (κ3) is 3.46. The van der Waals surface area contributed by atoms with Crippen LogP contribution in [0, 0.1) is 5.41 Å². The van der Waals surface area contributed by atoms with E-state index in [9.17, 15) is 4.39 Å². The molecule has 0 saturated carbocycles. The Morgan fingerprint density at radius 3 is 2.54 bits per heavy atom. The number of hydrogen-bond acceptors (Lipinski definition) is 3. The molecule has 0 fully saturated rings. The van der Waals surface area contributed by atoms with Gasteiger partial charge in [-0.05, 0) is 27.8 Å². The highest BCUT2D eigenvalue weighted by Gasteiger charge is 2.13. The molecule has 0 saturated heterocycles. The van der Waals surface area contributed by atoms with Gasteiger partial charge in [0.25, 0.3) is 0 Å². The Bertz CT molecular complexity index is 243. The first-order valence-electron chi connectivity index (χ1n) is 4.15. The fourth-order valence-corrected chi connectivity index (χ4v) is 0.780. The number of rotatable bonds is 4. The maximum atomic E-state index is 13.3. The lowest BCUT2D eigenvalue weighted by atomic mass is 10.1. The first kappa shape index (κ1) is 12.0. The average molecular weight is 185 g/mol. The molecular formula is C9H16FN3. The van der Waals surface area contributed by atoms with E-state index >= 15 is 0 Å². The van der Waals surface area contributed by atoms with Gasteiger partial charge >= 0.3 is 0 Å². The second-order valence-electron chi connectivity index (χ2n) is 2.71. The zero-order valence-corrected chi connectivity index (χ0v) is 8.48. The minimum atomic E-state index is -0.556. The van der Waals surface area contributed by atoms with Crippen LogP contribution < -0.4 is 5.32 Å². The van der Waals surface area contributed by atoms with Crippen LogP contribution >= 0.6 is 0 Å². The van der Waals surface area contributed by atoms with E-state index in [-0.39, 0.29) is 17.5 Å². The predicted octanol–water partition coefficient (Wildman–Crippen LogP) is 1.91. The monoisotopic (exact) mass is 185 g/mol. The van der Waals surface area contributed by atoms with E-state index in [1.54, 1.807) is 27.8 Å². The lowest BCUT2D eigenvalue weighted by Crippen LogP contribution is -2.30. The van der Waals surface area contributed by atoms with Crippen LogP contribution in [0.5, 0.6) is 0 Å². The van der Waals surface area contributed by atoms with Crippen molar-refractivity contribution in [2.24, 2.45) is 4.99 Å². The maximum Gasteiger partial charge on any atom is 0.166 e. The molecule has 0 aliphatic rings. The first-order valence-corrected chi connectivity index (χ1v) is 4.15. The Hall–Kier alpha value is -1.03. The molecule has 0 aliphatic heterocycles. The molecule has 2 N–H and O–H groups in total. The molecule has 4 heteroatoms. The smallest absolute Gasteiger partial charge is 0.166 e. The third-order valence-corrected chi connectivity index (χ3v) is 1.74. The number of aliphatic imine (C=N–C) groups is 1. The molecular weight excluding hydrogens is 169 g/mol. The summed E-state index contributed by atoms with van der Waals surface area (Å²) < 4.78 is 13.3. The zero-order valence-electron chi connectivity index (χ0n) is 8.48. The fraction of sp³-hybridized carbons (Fsp3) is 0.556. The first-order chi connectivity index (χ1) is 6.04. The molecule has 0 rings (SSSR count). The zero-order chi connectivity index (χ0) is 10.4. The molecule has 3 nitrogen and oxygen atoms in total. The van der Waals surface area contributed by atoms with Crippen LogP contribution in [0.4, 0.5) is 4.39 Å². The van der Waals surface area contributed by atoms with Gasteiger partial charge in [-0.25, -0.2) is 4.39 Å². The Morgan fingerprint density at radius 2 is 2.15 bits per heavy atom. The summed E-state index contributed by atoms with van der Waals surface area (Å²) in [6, 6.07) is -0.290. The summed E-state index contributed by atoms with van der Waals surface area (Å²) in [6.07, 6.45) is 1.51. The van der Waals surface area contributed by atoms with Gasteiger partial charge in [-0.3, -0.25) is 4.99 Å². The second-order valence-corrected chi connectivity index (χ2v) is 2.71. The molecule has 0 aliphatic carbocycles. The Balaban J connectivity index is 4.67. The molecule has 0 aromatic rings. The number of allylic oxidation sites excluding steroid dienone is 1. The predicted molar refractivity (Wildman–Crippen MR) is 54.2 cm³/mol. The van der Waals surface area contributed by atoms with Gasteiger partial charge in [-0.1, -0.05) is 0 Å². The summed E-state index contributed by atoms with van der Waals surface area (Å²) in [6.45, 7) is 4.99. The number of halogens is 1. The van der Waals surface area contributed by atoms with Gasteiger partial charge in [0, 0.05) is 12.3 Å². The third-order valence-electron chi connectivity index (χ3n) is 1.74. The minimum Gasteiger partial charge on any atom is -0.312 e. The molecule has 1 atom stereocenters. The molecule has 0 bridgehead atoms. The van der Waals surface area contributed by atoms with Gasteiger partial charge in [0.1, 0.15) is 0 Å². The van der Waals surface area contributed by atoms with Crippen molar-refractivity contribution in [1.29, 1.82) is 5.41 Å². The Kier molecular flexibility index (Phi) is 5.14. The molecule has 0 heterocycles. The van der Waals surface area contributed by atoms with Crippen LogP contribution in [0.1, 0.15) is 20.8 Å². The number of nitrogens with zero attached hydrogens (tertiary/aromatic N) is 1. The van der Waals surface area contributed by atoms with Crippen molar-refractivity contribution in [1.82, 2.24) is 5.32 Å². The van der Waals surface area contributed by atoms with E-state index in [0.717, 1.165) is 0 Å². The van der Waals surface area contributed by atoms with Gasteiger partial charge in [-0.15, -0.1) is 0 Å². The standard InChI is InChI=1S/C9H16FN3/c1-5-13-6(2)8(10)9(11)7(3)12-4/h5,7,11-12H,1-4H3/b8-6+,11-9?,13-5?. The molecule has 0 radical (unpaired) electrons. The van der Waals surface area contributed by atoms with E-state index in [4.69, 9.17) is 5.41 Å². The van der Waals surface area contributed by atoms with Gasteiger partial charge < -0.3 is 10.7 Å². The average Bonchev–Trinajstić information content (AvgIpc) is 2.14. The van der Waals surface area contributed by atoms with E-state index in [0.29, 0.717) is 0 Å². The topological polar surface area (TPSA) is 48.2 Å². The maximum absolute atomic E-state index is 13.3. The van der Waals surface area contributed by atoms with E-state index in [1.165, 1.54) is 6.21 Å².